The van der Waals surface area contributed by atoms with E-state index in [4.69, 9.17) is 16.9 Å². The Kier molecular flexibility index (Phi) is 4.38. The lowest BCUT2D eigenvalue weighted by molar-refractivity contribution is 0.621. The molecule has 0 heterocycles. The highest BCUT2D eigenvalue weighted by atomic mass is 35.5. The Balaban J connectivity index is 2.69. The second kappa shape index (κ2) is 5.57. The monoisotopic (exact) mass is 226 g/mol. The summed E-state index contributed by atoms with van der Waals surface area (Å²) in [6, 6.07) is 6.50. The van der Waals surface area contributed by atoms with E-state index in [1.807, 2.05) is 0 Å². The number of hydrogen-bond donors (Lipinski definition) is 0. The first-order chi connectivity index (χ1) is 7.15. The number of anilines is 1. The molecule has 0 saturated heterocycles. The summed E-state index contributed by atoms with van der Waals surface area (Å²) in [5.41, 5.74) is 0.473. The zero-order valence-electron chi connectivity index (χ0n) is 8.50. The molecule has 1 aromatic carbocycles. The number of halogens is 2. The standard InChI is InChI=1S/C11H12ClFN2/c1-15(7-3-2-6-14)11-8-9(12)4-5-10(11)13/h4-5,8H,2-3,7H2,1H3. The number of hydrogen-bond acceptors (Lipinski definition) is 2. The van der Waals surface area contributed by atoms with E-state index in [0.717, 1.165) is 6.42 Å². The Morgan fingerprint density at radius 2 is 2.27 bits per heavy atom. The molecule has 0 unspecified atom stereocenters. The molecule has 0 saturated carbocycles. The van der Waals surface area contributed by atoms with Gasteiger partial charge in [0, 0.05) is 25.0 Å². The van der Waals surface area contributed by atoms with E-state index in [1.165, 1.54) is 12.1 Å². The Bertz CT molecular complexity index is 373. The van der Waals surface area contributed by atoms with Crippen molar-refractivity contribution in [2.75, 3.05) is 18.5 Å². The Labute approximate surface area is 93.9 Å². The first-order valence-electron chi connectivity index (χ1n) is 4.68. The molecule has 0 aliphatic rings. The van der Waals surface area contributed by atoms with Crippen LogP contribution in [0.1, 0.15) is 12.8 Å². The van der Waals surface area contributed by atoms with Gasteiger partial charge < -0.3 is 4.90 Å². The fourth-order valence-corrected chi connectivity index (χ4v) is 1.46. The average molecular weight is 227 g/mol. The molecule has 2 nitrogen and oxygen atoms in total. The summed E-state index contributed by atoms with van der Waals surface area (Å²) >= 11 is 5.78. The van der Waals surface area contributed by atoms with E-state index in [-0.39, 0.29) is 5.82 Å². The van der Waals surface area contributed by atoms with Gasteiger partial charge >= 0.3 is 0 Å². The van der Waals surface area contributed by atoms with Crippen LogP contribution in [0.25, 0.3) is 0 Å². The van der Waals surface area contributed by atoms with Crippen LogP contribution in [-0.4, -0.2) is 13.6 Å². The van der Waals surface area contributed by atoms with E-state index in [0.29, 0.717) is 23.7 Å². The van der Waals surface area contributed by atoms with Gasteiger partial charge in [0.2, 0.25) is 0 Å². The van der Waals surface area contributed by atoms with Crippen molar-refractivity contribution in [2.24, 2.45) is 0 Å². The minimum Gasteiger partial charge on any atom is -0.372 e. The molecule has 0 radical (unpaired) electrons. The topological polar surface area (TPSA) is 27.0 Å². The second-order valence-electron chi connectivity index (χ2n) is 3.28. The van der Waals surface area contributed by atoms with Crippen LogP contribution in [0.2, 0.25) is 5.02 Å². The maximum Gasteiger partial charge on any atom is 0.146 e. The summed E-state index contributed by atoms with van der Waals surface area (Å²) in [6.07, 6.45) is 1.20. The molecule has 0 N–H and O–H groups in total. The number of rotatable bonds is 4. The number of benzene rings is 1. The van der Waals surface area contributed by atoms with Crippen LogP contribution < -0.4 is 4.90 Å². The predicted molar refractivity (Wildman–Crippen MR) is 59.5 cm³/mol. The summed E-state index contributed by atoms with van der Waals surface area (Å²) in [6.45, 7) is 0.644. The summed E-state index contributed by atoms with van der Waals surface area (Å²) < 4.78 is 13.4. The highest BCUT2D eigenvalue weighted by molar-refractivity contribution is 6.30. The molecular formula is C11H12ClFN2. The zero-order chi connectivity index (χ0) is 11.3. The van der Waals surface area contributed by atoms with Crippen LogP contribution in [0.5, 0.6) is 0 Å². The summed E-state index contributed by atoms with van der Waals surface area (Å²) in [5.74, 6) is -0.293. The van der Waals surface area contributed by atoms with Gasteiger partial charge in [-0.05, 0) is 24.6 Å². The van der Waals surface area contributed by atoms with Gasteiger partial charge in [0.1, 0.15) is 5.82 Å². The first-order valence-corrected chi connectivity index (χ1v) is 5.06. The Morgan fingerprint density at radius 3 is 2.93 bits per heavy atom. The lowest BCUT2D eigenvalue weighted by Gasteiger charge is -2.19. The molecule has 0 spiro atoms. The highest BCUT2D eigenvalue weighted by Crippen LogP contribution is 2.22. The normalized spacial score (nSPS) is 9.73. The van der Waals surface area contributed by atoms with Crippen molar-refractivity contribution in [1.29, 1.82) is 5.26 Å². The Hall–Kier alpha value is -1.27. The first kappa shape index (κ1) is 11.8. The Morgan fingerprint density at radius 1 is 1.53 bits per heavy atom. The van der Waals surface area contributed by atoms with Crippen LogP contribution in [0.3, 0.4) is 0 Å². The lowest BCUT2D eigenvalue weighted by Crippen LogP contribution is -2.19. The third-order valence-corrected chi connectivity index (χ3v) is 2.34. The third-order valence-electron chi connectivity index (χ3n) is 2.10. The van der Waals surface area contributed by atoms with Gasteiger partial charge in [0.05, 0.1) is 11.8 Å². The molecule has 0 fully saturated rings. The van der Waals surface area contributed by atoms with Crippen LogP contribution in [-0.2, 0) is 0 Å². The predicted octanol–water partition coefficient (Wildman–Crippen LogP) is 3.22. The molecule has 1 aromatic rings. The smallest absolute Gasteiger partial charge is 0.146 e. The molecule has 0 aromatic heterocycles. The van der Waals surface area contributed by atoms with E-state index < -0.39 is 0 Å². The molecule has 80 valence electrons. The van der Waals surface area contributed by atoms with Crippen LogP contribution in [0.4, 0.5) is 10.1 Å². The van der Waals surface area contributed by atoms with E-state index in [1.54, 1.807) is 18.0 Å². The SMILES string of the molecule is CN(CCCC#N)c1cc(Cl)ccc1F. The van der Waals surface area contributed by atoms with Crippen molar-refractivity contribution in [3.63, 3.8) is 0 Å². The number of unbranched alkanes of at least 4 members (excludes halogenated alkanes) is 1. The second-order valence-corrected chi connectivity index (χ2v) is 3.72. The van der Waals surface area contributed by atoms with Crippen molar-refractivity contribution in [3.05, 3.63) is 29.0 Å². The van der Waals surface area contributed by atoms with Gasteiger partial charge in [-0.2, -0.15) is 5.26 Å². The van der Waals surface area contributed by atoms with E-state index >= 15 is 0 Å². The van der Waals surface area contributed by atoms with Gasteiger partial charge in [-0.1, -0.05) is 11.6 Å². The fourth-order valence-electron chi connectivity index (χ4n) is 1.29. The maximum atomic E-state index is 13.4. The average Bonchev–Trinajstić information content (AvgIpc) is 2.22. The van der Waals surface area contributed by atoms with Gasteiger partial charge in [-0.3, -0.25) is 0 Å². The van der Waals surface area contributed by atoms with Crippen molar-refractivity contribution < 1.29 is 4.39 Å². The quantitative estimate of drug-likeness (QED) is 0.737. The zero-order valence-corrected chi connectivity index (χ0v) is 9.26. The van der Waals surface area contributed by atoms with Gasteiger partial charge in [-0.15, -0.1) is 0 Å². The maximum absolute atomic E-state index is 13.4. The summed E-state index contributed by atoms with van der Waals surface area (Å²) in [5, 5.41) is 8.90. The van der Waals surface area contributed by atoms with Gasteiger partial charge in [-0.25, -0.2) is 4.39 Å². The lowest BCUT2D eigenvalue weighted by atomic mass is 10.2. The fraction of sp³-hybridized carbons (Fsp3) is 0.364. The molecule has 0 aliphatic carbocycles. The molecular weight excluding hydrogens is 215 g/mol. The minimum absolute atomic E-state index is 0.293. The molecule has 15 heavy (non-hydrogen) atoms. The van der Waals surface area contributed by atoms with Crippen molar-refractivity contribution in [2.45, 2.75) is 12.8 Å². The molecule has 0 amide bonds. The molecule has 1 rings (SSSR count). The number of nitrogens with zero attached hydrogens (tertiary/aromatic N) is 2. The van der Waals surface area contributed by atoms with E-state index in [2.05, 4.69) is 6.07 Å². The molecule has 0 aliphatic heterocycles. The molecule has 0 atom stereocenters. The van der Waals surface area contributed by atoms with Crippen molar-refractivity contribution in [1.82, 2.24) is 0 Å². The largest absolute Gasteiger partial charge is 0.372 e. The molecule has 0 bridgehead atoms. The third kappa shape index (κ3) is 3.41. The van der Waals surface area contributed by atoms with E-state index in [9.17, 15) is 4.39 Å². The number of nitriles is 1. The minimum atomic E-state index is -0.293. The summed E-state index contributed by atoms with van der Waals surface area (Å²) in [7, 11) is 1.78. The van der Waals surface area contributed by atoms with Gasteiger partial charge in [0.15, 0.2) is 0 Å². The van der Waals surface area contributed by atoms with Crippen molar-refractivity contribution in [3.8, 4) is 6.07 Å². The van der Waals surface area contributed by atoms with Crippen LogP contribution in [0, 0.1) is 17.1 Å². The van der Waals surface area contributed by atoms with Crippen molar-refractivity contribution >= 4 is 17.3 Å². The highest BCUT2D eigenvalue weighted by Gasteiger charge is 2.07. The van der Waals surface area contributed by atoms with Gasteiger partial charge in [0.25, 0.3) is 0 Å². The van der Waals surface area contributed by atoms with Crippen LogP contribution in [0.15, 0.2) is 18.2 Å². The summed E-state index contributed by atoms with van der Waals surface area (Å²) in [4.78, 5) is 1.76. The molecule has 4 heteroatoms. The van der Waals surface area contributed by atoms with Crippen LogP contribution >= 0.6 is 11.6 Å².